The molecule has 1 aromatic heterocycles. The smallest absolute Gasteiger partial charge is 0.254 e. The van der Waals surface area contributed by atoms with Crippen LogP contribution in [-0.2, 0) is 17.8 Å². The van der Waals surface area contributed by atoms with Crippen molar-refractivity contribution in [1.29, 1.82) is 0 Å². The fourth-order valence-electron chi connectivity index (χ4n) is 2.22. The molecule has 0 aliphatic carbocycles. The number of aliphatic hydroxyl groups is 1. The number of hydrogen-bond donors (Lipinski definition) is 3. The van der Waals surface area contributed by atoms with Gasteiger partial charge in [0.05, 0.1) is 5.56 Å². The first-order valence-electron chi connectivity index (χ1n) is 7.45. The topological polar surface area (TPSA) is 91.3 Å². The zero-order valence-corrected chi connectivity index (χ0v) is 13.5. The van der Waals surface area contributed by atoms with Gasteiger partial charge in [-0.05, 0) is 17.2 Å². The number of amides is 2. The Morgan fingerprint density at radius 3 is 2.48 bits per heavy atom. The van der Waals surface area contributed by atoms with Crippen LogP contribution in [0.2, 0.25) is 0 Å². The highest BCUT2D eigenvalue weighted by molar-refractivity contribution is 5.93. The van der Waals surface area contributed by atoms with E-state index in [2.05, 4.69) is 15.6 Å². The summed E-state index contributed by atoms with van der Waals surface area (Å²) in [5, 5.41) is 13.3. The highest BCUT2D eigenvalue weighted by Crippen LogP contribution is 2.19. The van der Waals surface area contributed by atoms with Crippen molar-refractivity contribution in [1.82, 2.24) is 15.6 Å². The molecule has 1 heterocycles. The van der Waals surface area contributed by atoms with Gasteiger partial charge in [0.25, 0.3) is 5.91 Å². The Morgan fingerprint density at radius 1 is 1.12 bits per heavy atom. The van der Waals surface area contributed by atoms with Gasteiger partial charge in [-0.15, -0.1) is 0 Å². The standard InChI is InChI=1S/C17H17F2N3O3/c1-10(24)21-8-13-3-2-12(15(18)16(13)19)4-11-5-14(7-20-6-11)17(25)22-9-23/h2-3,5-7,23H,4,8-9H2,1H3,(H,21,24)(H,22,25). The molecule has 6 nitrogen and oxygen atoms in total. The van der Waals surface area contributed by atoms with Gasteiger partial charge in [-0.1, -0.05) is 12.1 Å². The number of pyridine rings is 1. The third kappa shape index (κ3) is 4.80. The zero-order chi connectivity index (χ0) is 18.4. The summed E-state index contributed by atoms with van der Waals surface area (Å²) in [6.45, 7) is 0.672. The van der Waals surface area contributed by atoms with Crippen LogP contribution >= 0.6 is 0 Å². The van der Waals surface area contributed by atoms with Crippen molar-refractivity contribution in [2.45, 2.75) is 19.9 Å². The molecule has 0 aliphatic rings. The number of carbonyl (C=O) groups is 2. The molecule has 2 aromatic rings. The summed E-state index contributed by atoms with van der Waals surface area (Å²) in [6.07, 6.45) is 2.79. The van der Waals surface area contributed by atoms with E-state index in [0.29, 0.717) is 5.56 Å². The molecule has 0 atom stereocenters. The van der Waals surface area contributed by atoms with Crippen LogP contribution in [0.3, 0.4) is 0 Å². The second kappa shape index (κ2) is 8.29. The van der Waals surface area contributed by atoms with E-state index < -0.39 is 24.3 Å². The van der Waals surface area contributed by atoms with E-state index in [0.717, 1.165) is 0 Å². The fraction of sp³-hybridized carbons (Fsp3) is 0.235. The van der Waals surface area contributed by atoms with Crippen molar-refractivity contribution < 1.29 is 23.5 Å². The number of rotatable bonds is 6. The number of aromatic nitrogens is 1. The second-order valence-corrected chi connectivity index (χ2v) is 5.34. The van der Waals surface area contributed by atoms with Crippen molar-refractivity contribution in [3.63, 3.8) is 0 Å². The Hall–Kier alpha value is -2.87. The largest absolute Gasteiger partial charge is 0.376 e. The van der Waals surface area contributed by atoms with Gasteiger partial charge in [-0.3, -0.25) is 14.6 Å². The summed E-state index contributed by atoms with van der Waals surface area (Å²) in [5.41, 5.74) is 0.865. The molecule has 0 saturated heterocycles. The predicted molar refractivity (Wildman–Crippen MR) is 85.5 cm³/mol. The van der Waals surface area contributed by atoms with E-state index in [1.807, 2.05) is 0 Å². The molecule has 0 unspecified atom stereocenters. The van der Waals surface area contributed by atoms with E-state index in [4.69, 9.17) is 5.11 Å². The molecule has 0 bridgehead atoms. The number of hydrogen-bond acceptors (Lipinski definition) is 4. The SMILES string of the molecule is CC(=O)NCc1ccc(Cc2cncc(C(=O)NCO)c2)c(F)c1F. The number of carbonyl (C=O) groups excluding carboxylic acids is 2. The first-order valence-corrected chi connectivity index (χ1v) is 7.45. The predicted octanol–water partition coefficient (Wildman–Crippen LogP) is 1.27. The lowest BCUT2D eigenvalue weighted by Crippen LogP contribution is -2.24. The normalized spacial score (nSPS) is 10.4. The third-order valence-electron chi connectivity index (χ3n) is 3.46. The molecular formula is C17H17F2N3O3. The van der Waals surface area contributed by atoms with Gasteiger partial charge in [0.2, 0.25) is 5.91 Å². The Balaban J connectivity index is 2.20. The zero-order valence-electron chi connectivity index (χ0n) is 13.5. The summed E-state index contributed by atoms with van der Waals surface area (Å²) in [7, 11) is 0. The molecule has 8 heteroatoms. The summed E-state index contributed by atoms with van der Waals surface area (Å²) >= 11 is 0. The van der Waals surface area contributed by atoms with Crippen LogP contribution in [0.15, 0.2) is 30.6 Å². The number of nitrogens with one attached hydrogen (secondary N) is 2. The third-order valence-corrected chi connectivity index (χ3v) is 3.46. The quantitative estimate of drug-likeness (QED) is 0.685. The van der Waals surface area contributed by atoms with Crippen molar-refractivity contribution in [2.24, 2.45) is 0 Å². The maximum atomic E-state index is 14.2. The van der Waals surface area contributed by atoms with Crippen LogP contribution in [0.5, 0.6) is 0 Å². The summed E-state index contributed by atoms with van der Waals surface area (Å²) in [5.74, 6) is -2.89. The minimum Gasteiger partial charge on any atom is -0.376 e. The van der Waals surface area contributed by atoms with Gasteiger partial charge in [-0.2, -0.15) is 0 Å². The Kier molecular flexibility index (Phi) is 6.13. The highest BCUT2D eigenvalue weighted by Gasteiger charge is 2.15. The second-order valence-electron chi connectivity index (χ2n) is 5.34. The first kappa shape index (κ1) is 18.5. The number of benzene rings is 1. The van der Waals surface area contributed by atoms with Crippen LogP contribution in [-0.4, -0.2) is 28.6 Å². The van der Waals surface area contributed by atoms with Gasteiger partial charge >= 0.3 is 0 Å². The minimum absolute atomic E-state index is 0.0381. The fourth-order valence-corrected chi connectivity index (χ4v) is 2.22. The lowest BCUT2D eigenvalue weighted by Gasteiger charge is -2.10. The molecule has 25 heavy (non-hydrogen) atoms. The van der Waals surface area contributed by atoms with E-state index in [-0.39, 0.29) is 35.6 Å². The summed E-state index contributed by atoms with van der Waals surface area (Å²) < 4.78 is 28.3. The van der Waals surface area contributed by atoms with Gasteiger partial charge in [0.15, 0.2) is 11.6 Å². The van der Waals surface area contributed by atoms with Crippen molar-refractivity contribution in [3.8, 4) is 0 Å². The summed E-state index contributed by atoms with van der Waals surface area (Å²) in [4.78, 5) is 26.4. The number of halogens is 2. The van der Waals surface area contributed by atoms with E-state index in [1.54, 1.807) is 0 Å². The van der Waals surface area contributed by atoms with E-state index in [9.17, 15) is 18.4 Å². The number of aliphatic hydroxyl groups excluding tert-OH is 1. The highest BCUT2D eigenvalue weighted by atomic mass is 19.2. The molecule has 3 N–H and O–H groups in total. The molecule has 0 fully saturated rings. The Labute approximate surface area is 142 Å². The van der Waals surface area contributed by atoms with Crippen LogP contribution in [0.4, 0.5) is 8.78 Å². The molecule has 0 radical (unpaired) electrons. The average molecular weight is 349 g/mol. The van der Waals surface area contributed by atoms with E-state index >= 15 is 0 Å². The lowest BCUT2D eigenvalue weighted by atomic mass is 10.0. The van der Waals surface area contributed by atoms with Crippen molar-refractivity contribution >= 4 is 11.8 Å². The van der Waals surface area contributed by atoms with Crippen LogP contribution in [0.1, 0.15) is 34.0 Å². The maximum absolute atomic E-state index is 14.2. The molecule has 2 amide bonds. The van der Waals surface area contributed by atoms with Crippen LogP contribution in [0.25, 0.3) is 0 Å². The van der Waals surface area contributed by atoms with Gasteiger partial charge in [0.1, 0.15) is 6.73 Å². The molecule has 0 aliphatic heterocycles. The average Bonchev–Trinajstić information content (AvgIpc) is 2.58. The lowest BCUT2D eigenvalue weighted by molar-refractivity contribution is -0.119. The van der Waals surface area contributed by atoms with E-state index in [1.165, 1.54) is 37.5 Å². The summed E-state index contributed by atoms with van der Waals surface area (Å²) in [6, 6.07) is 4.32. The molecule has 2 rings (SSSR count). The van der Waals surface area contributed by atoms with Gasteiger partial charge < -0.3 is 15.7 Å². The Morgan fingerprint density at radius 2 is 1.80 bits per heavy atom. The van der Waals surface area contributed by atoms with Crippen molar-refractivity contribution in [3.05, 3.63) is 64.5 Å². The number of nitrogens with zero attached hydrogens (tertiary/aromatic N) is 1. The monoisotopic (exact) mass is 349 g/mol. The molecule has 132 valence electrons. The molecule has 0 spiro atoms. The van der Waals surface area contributed by atoms with Crippen molar-refractivity contribution in [2.75, 3.05) is 6.73 Å². The van der Waals surface area contributed by atoms with Gasteiger partial charge in [-0.25, -0.2) is 8.78 Å². The Bertz CT molecular complexity index is 797. The molecule has 0 saturated carbocycles. The first-order chi connectivity index (χ1) is 11.9. The molecule has 1 aromatic carbocycles. The minimum atomic E-state index is -1.02. The maximum Gasteiger partial charge on any atom is 0.254 e. The van der Waals surface area contributed by atoms with Crippen LogP contribution in [0, 0.1) is 11.6 Å². The molecular weight excluding hydrogens is 332 g/mol. The van der Waals surface area contributed by atoms with Crippen LogP contribution < -0.4 is 10.6 Å². The van der Waals surface area contributed by atoms with Gasteiger partial charge in [0, 0.05) is 37.8 Å².